The Morgan fingerprint density at radius 2 is 2.09 bits per heavy atom. The smallest absolute Gasteiger partial charge is 0.387 e. The van der Waals surface area contributed by atoms with Gasteiger partial charge in [-0.3, -0.25) is 4.68 Å². The lowest BCUT2D eigenvalue weighted by Crippen LogP contribution is -2.28. The number of hydrogen-bond acceptors (Lipinski definition) is 4. The van der Waals surface area contributed by atoms with Gasteiger partial charge in [0.05, 0.1) is 17.9 Å². The maximum absolute atomic E-state index is 12.6. The molecule has 1 atom stereocenters. The summed E-state index contributed by atoms with van der Waals surface area (Å²) in [7, 11) is -2.36. The fraction of sp³-hybridized carbons (Fsp3) is 0.308. The first-order valence-corrected chi connectivity index (χ1v) is 7.91. The molecular weight excluding hydrogens is 335 g/mol. The Hall–Kier alpha value is -1.91. The van der Waals surface area contributed by atoms with Crippen molar-refractivity contribution >= 4 is 10.0 Å². The van der Waals surface area contributed by atoms with E-state index in [1.165, 1.54) is 24.0 Å². The van der Waals surface area contributed by atoms with Gasteiger partial charge in [0, 0.05) is 19.8 Å². The molecule has 1 unspecified atom stereocenters. The van der Waals surface area contributed by atoms with Crippen molar-refractivity contribution < 1.29 is 26.7 Å². The summed E-state index contributed by atoms with van der Waals surface area (Å²) in [6.45, 7) is -0.460. The van der Waals surface area contributed by atoms with Gasteiger partial charge < -0.3 is 5.11 Å². The first kappa shape index (κ1) is 17.4. The summed E-state index contributed by atoms with van der Waals surface area (Å²) < 4.78 is 65.2. The fourth-order valence-corrected chi connectivity index (χ4v) is 2.87. The Kier molecular flexibility index (Phi) is 4.78. The number of alkyl halides is 3. The number of aliphatic hydroxyl groups excluding tert-OH is 1. The van der Waals surface area contributed by atoms with Crippen LogP contribution in [0.15, 0.2) is 41.6 Å². The first-order valence-electron chi connectivity index (χ1n) is 6.43. The molecule has 2 N–H and O–H groups in total. The summed E-state index contributed by atoms with van der Waals surface area (Å²) in [6, 6.07) is 4.09. The van der Waals surface area contributed by atoms with Crippen LogP contribution in [0.3, 0.4) is 0 Å². The fourth-order valence-electron chi connectivity index (χ4n) is 1.85. The van der Waals surface area contributed by atoms with Crippen LogP contribution in [0.5, 0.6) is 0 Å². The Labute approximate surface area is 130 Å². The number of aromatic nitrogens is 2. The van der Waals surface area contributed by atoms with Gasteiger partial charge in [-0.25, -0.2) is 13.1 Å². The van der Waals surface area contributed by atoms with E-state index in [0.717, 1.165) is 24.4 Å². The summed E-state index contributed by atoms with van der Waals surface area (Å²) in [4.78, 5) is -0.101. The number of rotatable bonds is 5. The van der Waals surface area contributed by atoms with Crippen LogP contribution in [0.2, 0.25) is 0 Å². The molecule has 0 amide bonds. The van der Waals surface area contributed by atoms with Crippen LogP contribution in [-0.4, -0.2) is 29.8 Å². The van der Waals surface area contributed by atoms with Crippen molar-refractivity contribution in [2.24, 2.45) is 7.05 Å². The molecule has 0 aliphatic rings. The molecule has 1 aromatic carbocycles. The van der Waals surface area contributed by atoms with Crippen LogP contribution in [0.1, 0.15) is 17.2 Å². The van der Waals surface area contributed by atoms with E-state index in [1.807, 2.05) is 0 Å². The van der Waals surface area contributed by atoms with Gasteiger partial charge in [0.15, 0.2) is 0 Å². The maximum atomic E-state index is 12.6. The normalized spacial score (nSPS) is 14.0. The van der Waals surface area contributed by atoms with Crippen LogP contribution in [0.25, 0.3) is 0 Å². The second kappa shape index (κ2) is 6.30. The van der Waals surface area contributed by atoms with Crippen molar-refractivity contribution in [2.75, 3.05) is 6.54 Å². The van der Waals surface area contributed by atoms with E-state index in [0.29, 0.717) is 0 Å². The monoisotopic (exact) mass is 349 g/mol. The largest absolute Gasteiger partial charge is 0.416 e. The highest BCUT2D eigenvalue weighted by molar-refractivity contribution is 7.89. The Morgan fingerprint density at radius 1 is 1.39 bits per heavy atom. The van der Waals surface area contributed by atoms with Crippen molar-refractivity contribution in [3.8, 4) is 0 Å². The summed E-state index contributed by atoms with van der Waals surface area (Å²) >= 11 is 0. The second-order valence-electron chi connectivity index (χ2n) is 4.84. The number of hydrogen-bond donors (Lipinski definition) is 2. The standard InChI is InChI=1S/C13H14F3N3O3S/c1-19-8-11(6-17-19)23(21,22)18-7-12(20)9-3-2-4-10(5-9)13(14,15)16/h2-6,8,12,18,20H,7H2,1H3. The van der Waals surface area contributed by atoms with Crippen molar-refractivity contribution in [2.45, 2.75) is 17.2 Å². The second-order valence-corrected chi connectivity index (χ2v) is 6.61. The van der Waals surface area contributed by atoms with Crippen molar-refractivity contribution in [3.05, 3.63) is 47.8 Å². The summed E-state index contributed by atoms with van der Waals surface area (Å²) in [6.07, 6.45) is -3.56. The predicted octanol–water partition coefficient (Wildman–Crippen LogP) is 1.45. The minimum Gasteiger partial charge on any atom is -0.387 e. The number of nitrogens with one attached hydrogen (secondary N) is 1. The molecule has 2 aromatic rings. The zero-order valence-corrected chi connectivity index (χ0v) is 12.8. The summed E-state index contributed by atoms with van der Waals surface area (Å²) in [5.74, 6) is 0. The number of sulfonamides is 1. The van der Waals surface area contributed by atoms with Gasteiger partial charge in [-0.1, -0.05) is 12.1 Å². The molecule has 0 aliphatic heterocycles. The average Bonchev–Trinajstić information content (AvgIpc) is 2.91. The van der Waals surface area contributed by atoms with Crippen LogP contribution < -0.4 is 4.72 Å². The zero-order valence-electron chi connectivity index (χ0n) is 11.9. The van der Waals surface area contributed by atoms with Gasteiger partial charge in [0.1, 0.15) is 4.90 Å². The molecule has 126 valence electrons. The lowest BCUT2D eigenvalue weighted by molar-refractivity contribution is -0.137. The van der Waals surface area contributed by atoms with E-state index in [2.05, 4.69) is 9.82 Å². The van der Waals surface area contributed by atoms with E-state index in [9.17, 15) is 26.7 Å². The topological polar surface area (TPSA) is 84.2 Å². The minimum atomic E-state index is -4.54. The number of halogens is 3. The highest BCUT2D eigenvalue weighted by atomic mass is 32.2. The van der Waals surface area contributed by atoms with Crippen LogP contribution in [0.4, 0.5) is 13.2 Å². The lowest BCUT2D eigenvalue weighted by Gasteiger charge is -2.14. The predicted molar refractivity (Wildman–Crippen MR) is 74.8 cm³/mol. The molecule has 2 rings (SSSR count). The van der Waals surface area contributed by atoms with Crippen molar-refractivity contribution in [1.29, 1.82) is 0 Å². The molecule has 0 saturated carbocycles. The molecule has 0 spiro atoms. The Bertz CT molecular complexity index is 787. The molecule has 0 saturated heterocycles. The van der Waals surface area contributed by atoms with Gasteiger partial charge >= 0.3 is 6.18 Å². The third-order valence-corrected chi connectivity index (χ3v) is 4.44. The molecule has 23 heavy (non-hydrogen) atoms. The maximum Gasteiger partial charge on any atom is 0.416 e. The Morgan fingerprint density at radius 3 is 2.65 bits per heavy atom. The quantitative estimate of drug-likeness (QED) is 0.856. The van der Waals surface area contributed by atoms with Crippen LogP contribution >= 0.6 is 0 Å². The van der Waals surface area contributed by atoms with Crippen LogP contribution in [-0.2, 0) is 23.2 Å². The lowest BCUT2D eigenvalue weighted by atomic mass is 10.1. The number of aliphatic hydroxyl groups is 1. The highest BCUT2D eigenvalue weighted by Crippen LogP contribution is 2.30. The minimum absolute atomic E-state index is 0.0336. The molecule has 0 bridgehead atoms. The number of benzene rings is 1. The number of nitrogens with zero attached hydrogens (tertiary/aromatic N) is 2. The molecule has 0 aliphatic carbocycles. The Balaban J connectivity index is 2.09. The third-order valence-electron chi connectivity index (χ3n) is 3.06. The molecule has 0 fully saturated rings. The average molecular weight is 349 g/mol. The van der Waals surface area contributed by atoms with Crippen molar-refractivity contribution in [1.82, 2.24) is 14.5 Å². The molecule has 1 aromatic heterocycles. The van der Waals surface area contributed by atoms with E-state index >= 15 is 0 Å². The summed E-state index contributed by atoms with van der Waals surface area (Å²) in [5.41, 5.74) is -0.946. The third kappa shape index (κ3) is 4.30. The van der Waals surface area contributed by atoms with Crippen LogP contribution in [0, 0.1) is 0 Å². The molecule has 1 heterocycles. The van der Waals surface area contributed by atoms with Gasteiger partial charge in [0.2, 0.25) is 10.0 Å². The molecular formula is C13H14F3N3O3S. The van der Waals surface area contributed by atoms with Gasteiger partial charge in [0.25, 0.3) is 0 Å². The van der Waals surface area contributed by atoms with Gasteiger partial charge in [-0.2, -0.15) is 18.3 Å². The molecule has 6 nitrogen and oxygen atoms in total. The molecule has 0 radical (unpaired) electrons. The SMILES string of the molecule is Cn1cc(S(=O)(=O)NCC(O)c2cccc(C(F)(F)F)c2)cn1. The van der Waals surface area contributed by atoms with Gasteiger partial charge in [-0.15, -0.1) is 0 Å². The number of aryl methyl sites for hydroxylation is 1. The van der Waals surface area contributed by atoms with Gasteiger partial charge in [-0.05, 0) is 17.7 Å². The van der Waals surface area contributed by atoms with E-state index in [-0.39, 0.29) is 10.5 Å². The van der Waals surface area contributed by atoms with Crippen molar-refractivity contribution in [3.63, 3.8) is 0 Å². The van der Waals surface area contributed by atoms with E-state index in [1.54, 1.807) is 0 Å². The van der Waals surface area contributed by atoms with E-state index in [4.69, 9.17) is 0 Å². The summed E-state index contributed by atoms with van der Waals surface area (Å²) in [5, 5.41) is 13.6. The van der Waals surface area contributed by atoms with E-state index < -0.39 is 34.4 Å². The first-order chi connectivity index (χ1) is 10.6. The zero-order chi connectivity index (χ0) is 17.3. The molecule has 10 heteroatoms. The highest BCUT2D eigenvalue weighted by Gasteiger charge is 2.31.